The van der Waals surface area contributed by atoms with E-state index in [4.69, 9.17) is 24.1 Å². The molecule has 0 saturated carbocycles. The SMILES string of the molecule is O=C(O)CCC(=O)OCC1OC(CO)(OC2OC(CO)C(O)C(O)C2O)C(O)C1O. The minimum absolute atomic E-state index is 0.437. The summed E-state index contributed by atoms with van der Waals surface area (Å²) in [6.45, 7) is -2.43. The summed E-state index contributed by atoms with van der Waals surface area (Å²) in [5.41, 5.74) is 0. The molecular weight excluding hydrogens is 416 g/mol. The quantitative estimate of drug-likeness (QED) is 0.156. The Hall–Kier alpha value is -1.46. The summed E-state index contributed by atoms with van der Waals surface area (Å²) in [7, 11) is 0. The molecule has 0 aliphatic carbocycles. The summed E-state index contributed by atoms with van der Waals surface area (Å²) >= 11 is 0. The van der Waals surface area contributed by atoms with Crippen molar-refractivity contribution in [3.05, 3.63) is 0 Å². The molecule has 2 aliphatic heterocycles. The monoisotopic (exact) mass is 442 g/mol. The molecule has 14 nitrogen and oxygen atoms in total. The van der Waals surface area contributed by atoms with Crippen LogP contribution in [0.4, 0.5) is 0 Å². The zero-order valence-electron chi connectivity index (χ0n) is 15.7. The predicted octanol–water partition coefficient (Wildman–Crippen LogP) is -4.98. The second-order valence-electron chi connectivity index (χ2n) is 6.95. The third kappa shape index (κ3) is 5.23. The number of hydrogen-bond donors (Lipinski definition) is 8. The molecule has 0 spiro atoms. The van der Waals surface area contributed by atoms with Crippen molar-refractivity contribution >= 4 is 11.9 Å². The van der Waals surface area contributed by atoms with Crippen LogP contribution in [0.1, 0.15) is 12.8 Å². The van der Waals surface area contributed by atoms with Gasteiger partial charge in [0.25, 0.3) is 0 Å². The van der Waals surface area contributed by atoms with Crippen molar-refractivity contribution in [2.24, 2.45) is 0 Å². The molecule has 8 N–H and O–H groups in total. The number of hydrogen-bond acceptors (Lipinski definition) is 13. The Kier molecular flexibility index (Phi) is 8.46. The van der Waals surface area contributed by atoms with Crippen molar-refractivity contribution in [1.29, 1.82) is 0 Å². The van der Waals surface area contributed by atoms with Crippen LogP contribution in [-0.4, -0.2) is 127 Å². The summed E-state index contributed by atoms with van der Waals surface area (Å²) in [5, 5.41) is 77.6. The molecule has 0 radical (unpaired) electrons. The first-order chi connectivity index (χ1) is 14.1. The van der Waals surface area contributed by atoms with Gasteiger partial charge in [-0.15, -0.1) is 0 Å². The van der Waals surface area contributed by atoms with E-state index in [9.17, 15) is 45.3 Å². The second kappa shape index (κ2) is 10.2. The highest BCUT2D eigenvalue weighted by Gasteiger charge is 2.58. The molecule has 2 saturated heterocycles. The van der Waals surface area contributed by atoms with E-state index in [0.717, 1.165) is 0 Å². The van der Waals surface area contributed by atoms with Gasteiger partial charge in [0.15, 0.2) is 6.29 Å². The maximum Gasteiger partial charge on any atom is 0.306 e. The largest absolute Gasteiger partial charge is 0.481 e. The highest BCUT2D eigenvalue weighted by molar-refractivity contribution is 5.76. The number of carboxylic acid groups (broad SMARTS) is 1. The van der Waals surface area contributed by atoms with E-state index in [2.05, 4.69) is 0 Å². The predicted molar refractivity (Wildman–Crippen MR) is 89.4 cm³/mol. The Labute approximate surface area is 169 Å². The molecular formula is C16H26O14. The number of aliphatic hydroxyl groups excluding tert-OH is 7. The van der Waals surface area contributed by atoms with Gasteiger partial charge in [0.05, 0.1) is 19.4 Å². The molecule has 0 aromatic heterocycles. The van der Waals surface area contributed by atoms with Gasteiger partial charge < -0.3 is 59.8 Å². The van der Waals surface area contributed by atoms with Crippen molar-refractivity contribution in [3.63, 3.8) is 0 Å². The molecule has 14 heteroatoms. The molecule has 0 aromatic carbocycles. The molecule has 2 fully saturated rings. The lowest BCUT2D eigenvalue weighted by Crippen LogP contribution is -2.62. The fourth-order valence-corrected chi connectivity index (χ4v) is 3.07. The van der Waals surface area contributed by atoms with E-state index >= 15 is 0 Å². The average Bonchev–Trinajstić information content (AvgIpc) is 2.96. The van der Waals surface area contributed by atoms with Crippen LogP contribution in [0.15, 0.2) is 0 Å². The van der Waals surface area contributed by atoms with E-state index in [1.54, 1.807) is 0 Å². The van der Waals surface area contributed by atoms with Gasteiger partial charge >= 0.3 is 11.9 Å². The number of esters is 1. The lowest BCUT2D eigenvalue weighted by molar-refractivity contribution is -0.383. The zero-order chi connectivity index (χ0) is 22.6. The Morgan fingerprint density at radius 2 is 1.57 bits per heavy atom. The average molecular weight is 442 g/mol. The Morgan fingerprint density at radius 1 is 0.900 bits per heavy atom. The fraction of sp³-hybridized carbons (Fsp3) is 0.875. The summed E-state index contributed by atoms with van der Waals surface area (Å²) in [4.78, 5) is 22.0. The molecule has 174 valence electrons. The van der Waals surface area contributed by atoms with Crippen LogP contribution in [0.25, 0.3) is 0 Å². The first-order valence-electron chi connectivity index (χ1n) is 9.06. The molecule has 2 rings (SSSR count). The molecule has 0 bridgehead atoms. The van der Waals surface area contributed by atoms with Crippen molar-refractivity contribution in [3.8, 4) is 0 Å². The number of carbonyl (C=O) groups is 2. The fourth-order valence-electron chi connectivity index (χ4n) is 3.07. The number of carbonyl (C=O) groups excluding carboxylic acids is 1. The maximum absolute atomic E-state index is 11.5. The van der Waals surface area contributed by atoms with Crippen molar-refractivity contribution in [1.82, 2.24) is 0 Å². The van der Waals surface area contributed by atoms with Gasteiger partial charge in [-0.25, -0.2) is 0 Å². The molecule has 9 unspecified atom stereocenters. The van der Waals surface area contributed by atoms with E-state index in [1.165, 1.54) is 0 Å². The van der Waals surface area contributed by atoms with E-state index in [1.807, 2.05) is 0 Å². The normalized spacial score (nSPS) is 41.6. The number of rotatable bonds is 9. The van der Waals surface area contributed by atoms with Gasteiger partial charge in [-0.3, -0.25) is 9.59 Å². The van der Waals surface area contributed by atoms with E-state index in [0.29, 0.717) is 0 Å². The summed E-state index contributed by atoms with van der Waals surface area (Å²) in [5.74, 6) is -4.49. The Morgan fingerprint density at radius 3 is 2.13 bits per heavy atom. The Bertz CT molecular complexity index is 598. The molecule has 2 heterocycles. The van der Waals surface area contributed by atoms with Crippen molar-refractivity contribution in [2.75, 3.05) is 19.8 Å². The van der Waals surface area contributed by atoms with Gasteiger partial charge in [-0.1, -0.05) is 0 Å². The van der Waals surface area contributed by atoms with E-state index < -0.39 is 99.4 Å². The van der Waals surface area contributed by atoms with Gasteiger partial charge in [0.2, 0.25) is 5.79 Å². The van der Waals surface area contributed by atoms with E-state index in [-0.39, 0.29) is 0 Å². The lowest BCUT2D eigenvalue weighted by atomic mass is 9.99. The van der Waals surface area contributed by atoms with Gasteiger partial charge in [-0.2, -0.15) is 0 Å². The van der Waals surface area contributed by atoms with Crippen LogP contribution in [0.2, 0.25) is 0 Å². The highest BCUT2D eigenvalue weighted by atomic mass is 16.8. The third-order valence-electron chi connectivity index (χ3n) is 4.84. The first-order valence-corrected chi connectivity index (χ1v) is 9.06. The highest BCUT2D eigenvalue weighted by Crippen LogP contribution is 2.36. The lowest BCUT2D eigenvalue weighted by Gasteiger charge is -2.43. The third-order valence-corrected chi connectivity index (χ3v) is 4.84. The van der Waals surface area contributed by atoms with Crippen LogP contribution in [0.5, 0.6) is 0 Å². The van der Waals surface area contributed by atoms with Crippen molar-refractivity contribution < 1.29 is 69.4 Å². The minimum Gasteiger partial charge on any atom is -0.481 e. The topological polar surface area (TPSA) is 233 Å². The number of ether oxygens (including phenoxy) is 4. The van der Waals surface area contributed by atoms with Crippen molar-refractivity contribution in [2.45, 2.75) is 67.6 Å². The number of aliphatic hydroxyl groups is 7. The molecule has 2 aliphatic rings. The first kappa shape index (κ1) is 24.8. The smallest absolute Gasteiger partial charge is 0.306 e. The van der Waals surface area contributed by atoms with Gasteiger partial charge in [-0.05, 0) is 0 Å². The summed E-state index contributed by atoms with van der Waals surface area (Å²) in [6.07, 6.45) is -14.4. The van der Waals surface area contributed by atoms with Crippen LogP contribution in [0, 0.1) is 0 Å². The van der Waals surface area contributed by atoms with Crippen LogP contribution < -0.4 is 0 Å². The van der Waals surface area contributed by atoms with Crippen LogP contribution in [-0.2, 0) is 28.5 Å². The summed E-state index contributed by atoms with van der Waals surface area (Å²) in [6, 6.07) is 0. The van der Waals surface area contributed by atoms with Gasteiger partial charge in [0.1, 0.15) is 55.9 Å². The standard InChI is InChI=1S/C16H26O14/c17-3-6-10(22)12(24)13(25)15(28-6)30-16(5-18)14(26)11(23)7(29-16)4-27-9(21)2-1-8(19)20/h6-7,10-15,17-18,22-26H,1-5H2,(H,19,20). The Balaban J connectivity index is 2.05. The molecule has 0 aromatic rings. The van der Waals surface area contributed by atoms with Gasteiger partial charge in [0, 0.05) is 0 Å². The number of carboxylic acids is 1. The van der Waals surface area contributed by atoms with Crippen LogP contribution >= 0.6 is 0 Å². The number of aliphatic carboxylic acids is 1. The summed E-state index contributed by atoms with van der Waals surface area (Å²) < 4.78 is 20.5. The molecule has 30 heavy (non-hydrogen) atoms. The zero-order valence-corrected chi connectivity index (χ0v) is 15.7. The molecule has 9 atom stereocenters. The minimum atomic E-state index is -2.37. The van der Waals surface area contributed by atoms with Crippen LogP contribution in [0.3, 0.4) is 0 Å². The maximum atomic E-state index is 11.5. The second-order valence-corrected chi connectivity index (χ2v) is 6.95. The molecule has 0 amide bonds.